The molecule has 6 nitrogen and oxygen atoms in total. The second kappa shape index (κ2) is 7.70. The first kappa shape index (κ1) is 13.5. The minimum atomic E-state index is -0.413. The van der Waals surface area contributed by atoms with Crippen LogP contribution in [0, 0.1) is 0 Å². The molecule has 0 bridgehead atoms. The molecule has 0 aliphatic carbocycles. The molecule has 0 fully saturated rings. The number of hydrogen-bond acceptors (Lipinski definition) is 5. The predicted octanol–water partition coefficient (Wildman–Crippen LogP) is 0.605. The lowest BCUT2D eigenvalue weighted by atomic mass is 10.3. The number of rotatable bonds is 7. The van der Waals surface area contributed by atoms with Crippen LogP contribution in [0.5, 0.6) is 0 Å². The SMILES string of the molecule is CCOC(CNC(=O)c1ccnnc1)OCC. The van der Waals surface area contributed by atoms with E-state index in [9.17, 15) is 4.79 Å². The highest BCUT2D eigenvalue weighted by atomic mass is 16.7. The van der Waals surface area contributed by atoms with E-state index in [4.69, 9.17) is 9.47 Å². The zero-order chi connectivity index (χ0) is 12.5. The van der Waals surface area contributed by atoms with Gasteiger partial charge in [0.2, 0.25) is 0 Å². The number of amides is 1. The Kier molecular flexibility index (Phi) is 6.13. The summed E-state index contributed by atoms with van der Waals surface area (Å²) < 4.78 is 10.6. The van der Waals surface area contributed by atoms with E-state index in [0.29, 0.717) is 25.3 Å². The van der Waals surface area contributed by atoms with E-state index >= 15 is 0 Å². The summed E-state index contributed by atoms with van der Waals surface area (Å²) in [6.45, 7) is 5.14. The molecule has 0 aliphatic rings. The van der Waals surface area contributed by atoms with Gasteiger partial charge in [0, 0.05) is 13.2 Å². The third-order valence-electron chi connectivity index (χ3n) is 1.98. The van der Waals surface area contributed by atoms with Crippen LogP contribution in [-0.4, -0.2) is 42.2 Å². The van der Waals surface area contributed by atoms with Gasteiger partial charge in [-0.3, -0.25) is 4.79 Å². The van der Waals surface area contributed by atoms with E-state index in [1.54, 1.807) is 6.07 Å². The van der Waals surface area contributed by atoms with Crippen molar-refractivity contribution < 1.29 is 14.3 Å². The summed E-state index contributed by atoms with van der Waals surface area (Å²) in [6, 6.07) is 1.60. The summed E-state index contributed by atoms with van der Waals surface area (Å²) >= 11 is 0. The number of nitrogens with one attached hydrogen (secondary N) is 1. The van der Waals surface area contributed by atoms with E-state index in [1.165, 1.54) is 12.4 Å². The van der Waals surface area contributed by atoms with E-state index in [1.807, 2.05) is 13.8 Å². The fraction of sp³-hybridized carbons (Fsp3) is 0.545. The first-order valence-electron chi connectivity index (χ1n) is 5.56. The molecule has 0 radical (unpaired) electrons. The van der Waals surface area contributed by atoms with Crippen LogP contribution < -0.4 is 5.32 Å². The number of carbonyl (C=O) groups excluding carboxylic acids is 1. The van der Waals surface area contributed by atoms with Crippen LogP contribution in [-0.2, 0) is 9.47 Å². The molecule has 0 aliphatic heterocycles. The molecule has 94 valence electrons. The lowest BCUT2D eigenvalue weighted by Crippen LogP contribution is -2.35. The van der Waals surface area contributed by atoms with E-state index in [2.05, 4.69) is 15.5 Å². The Morgan fingerprint density at radius 3 is 2.59 bits per heavy atom. The van der Waals surface area contributed by atoms with Crippen LogP contribution in [0.25, 0.3) is 0 Å². The minimum Gasteiger partial charge on any atom is -0.351 e. The molecule has 1 rings (SSSR count). The minimum absolute atomic E-state index is 0.218. The Labute approximate surface area is 100 Å². The molecule has 0 spiro atoms. The van der Waals surface area contributed by atoms with Crippen LogP contribution in [0.3, 0.4) is 0 Å². The number of ether oxygens (including phenoxy) is 2. The Morgan fingerprint density at radius 1 is 1.35 bits per heavy atom. The molecule has 0 saturated heterocycles. The maximum atomic E-state index is 11.7. The highest BCUT2D eigenvalue weighted by molar-refractivity contribution is 5.93. The van der Waals surface area contributed by atoms with Gasteiger partial charge in [-0.1, -0.05) is 0 Å². The summed E-state index contributed by atoms with van der Waals surface area (Å²) in [5.74, 6) is -0.218. The van der Waals surface area contributed by atoms with Crippen molar-refractivity contribution in [2.24, 2.45) is 0 Å². The average molecular weight is 239 g/mol. The largest absolute Gasteiger partial charge is 0.351 e. The Bertz CT molecular complexity index is 326. The quantitative estimate of drug-likeness (QED) is 0.705. The fourth-order valence-electron chi connectivity index (χ4n) is 1.24. The van der Waals surface area contributed by atoms with E-state index < -0.39 is 6.29 Å². The Hall–Kier alpha value is -1.53. The first-order valence-corrected chi connectivity index (χ1v) is 5.56. The number of nitrogens with zero attached hydrogens (tertiary/aromatic N) is 2. The molecule has 0 aromatic carbocycles. The summed E-state index contributed by atoms with van der Waals surface area (Å²) in [5, 5.41) is 9.95. The molecule has 1 N–H and O–H groups in total. The van der Waals surface area contributed by atoms with Gasteiger partial charge in [0.05, 0.1) is 24.5 Å². The van der Waals surface area contributed by atoms with Gasteiger partial charge in [-0.15, -0.1) is 0 Å². The molecule has 0 unspecified atom stereocenters. The summed E-state index contributed by atoms with van der Waals surface area (Å²) in [4.78, 5) is 11.7. The van der Waals surface area contributed by atoms with Crippen molar-refractivity contribution in [1.29, 1.82) is 0 Å². The van der Waals surface area contributed by atoms with Gasteiger partial charge in [0.15, 0.2) is 6.29 Å². The van der Waals surface area contributed by atoms with E-state index in [0.717, 1.165) is 0 Å². The third-order valence-corrected chi connectivity index (χ3v) is 1.98. The second-order valence-corrected chi connectivity index (χ2v) is 3.18. The van der Waals surface area contributed by atoms with Crippen molar-refractivity contribution in [2.45, 2.75) is 20.1 Å². The van der Waals surface area contributed by atoms with Crippen molar-refractivity contribution in [3.05, 3.63) is 24.0 Å². The molecular formula is C11H17N3O3. The van der Waals surface area contributed by atoms with Crippen LogP contribution in [0.1, 0.15) is 24.2 Å². The van der Waals surface area contributed by atoms with E-state index in [-0.39, 0.29) is 5.91 Å². The van der Waals surface area contributed by atoms with Gasteiger partial charge in [-0.05, 0) is 19.9 Å². The maximum Gasteiger partial charge on any atom is 0.253 e. The van der Waals surface area contributed by atoms with Crippen LogP contribution in [0.4, 0.5) is 0 Å². The fourth-order valence-corrected chi connectivity index (χ4v) is 1.24. The van der Waals surface area contributed by atoms with Crippen molar-refractivity contribution in [1.82, 2.24) is 15.5 Å². The molecule has 1 heterocycles. The second-order valence-electron chi connectivity index (χ2n) is 3.18. The lowest BCUT2D eigenvalue weighted by molar-refractivity contribution is -0.131. The molecular weight excluding hydrogens is 222 g/mol. The smallest absolute Gasteiger partial charge is 0.253 e. The van der Waals surface area contributed by atoms with Gasteiger partial charge in [-0.25, -0.2) is 0 Å². The molecule has 0 atom stereocenters. The topological polar surface area (TPSA) is 73.3 Å². The molecule has 6 heteroatoms. The Balaban J connectivity index is 2.41. The number of aromatic nitrogens is 2. The zero-order valence-corrected chi connectivity index (χ0v) is 10.0. The van der Waals surface area contributed by atoms with Crippen molar-refractivity contribution in [3.63, 3.8) is 0 Å². The number of carbonyl (C=O) groups is 1. The monoisotopic (exact) mass is 239 g/mol. The molecule has 1 aromatic rings. The van der Waals surface area contributed by atoms with Crippen molar-refractivity contribution >= 4 is 5.91 Å². The summed E-state index contributed by atoms with van der Waals surface area (Å²) in [7, 11) is 0. The summed E-state index contributed by atoms with van der Waals surface area (Å²) in [5.41, 5.74) is 0.465. The predicted molar refractivity (Wildman–Crippen MR) is 61.4 cm³/mol. The zero-order valence-electron chi connectivity index (χ0n) is 10.0. The molecule has 1 amide bonds. The average Bonchev–Trinajstić information content (AvgIpc) is 2.37. The van der Waals surface area contributed by atoms with Gasteiger partial charge < -0.3 is 14.8 Å². The van der Waals surface area contributed by atoms with Crippen LogP contribution in [0.15, 0.2) is 18.5 Å². The molecule has 1 aromatic heterocycles. The molecule has 17 heavy (non-hydrogen) atoms. The van der Waals surface area contributed by atoms with Gasteiger partial charge >= 0.3 is 0 Å². The van der Waals surface area contributed by atoms with Gasteiger partial charge in [0.25, 0.3) is 5.91 Å². The number of hydrogen-bond donors (Lipinski definition) is 1. The highest BCUT2D eigenvalue weighted by Gasteiger charge is 2.11. The Morgan fingerprint density at radius 2 is 2.06 bits per heavy atom. The van der Waals surface area contributed by atoms with Gasteiger partial charge in [0.1, 0.15) is 0 Å². The lowest BCUT2D eigenvalue weighted by Gasteiger charge is -2.17. The van der Waals surface area contributed by atoms with Crippen molar-refractivity contribution in [3.8, 4) is 0 Å². The maximum absolute atomic E-state index is 11.7. The van der Waals surface area contributed by atoms with Crippen LogP contribution in [0.2, 0.25) is 0 Å². The third kappa shape index (κ3) is 4.88. The van der Waals surface area contributed by atoms with Crippen molar-refractivity contribution in [2.75, 3.05) is 19.8 Å². The normalized spacial score (nSPS) is 10.5. The first-order chi connectivity index (χ1) is 8.27. The summed E-state index contributed by atoms with van der Waals surface area (Å²) in [6.07, 6.45) is 2.46. The standard InChI is InChI=1S/C11H17N3O3/c1-3-16-10(17-4-2)8-12-11(15)9-5-6-13-14-7-9/h5-7,10H,3-4,8H2,1-2H3,(H,12,15). The highest BCUT2D eigenvalue weighted by Crippen LogP contribution is 1.96. The van der Waals surface area contributed by atoms with Crippen LogP contribution >= 0.6 is 0 Å². The van der Waals surface area contributed by atoms with Gasteiger partial charge in [-0.2, -0.15) is 10.2 Å². The molecule has 0 saturated carbocycles.